The Kier molecular flexibility index (Phi) is 6.03. The fraction of sp³-hybridized carbons (Fsp3) is 0.391. The molecule has 0 saturated carbocycles. The van der Waals surface area contributed by atoms with Crippen LogP contribution < -0.4 is 15.8 Å². The summed E-state index contributed by atoms with van der Waals surface area (Å²) in [4.78, 5) is 30.3. The lowest BCUT2D eigenvalue weighted by molar-refractivity contribution is -0.00827. The summed E-state index contributed by atoms with van der Waals surface area (Å²) in [5.74, 6) is 1.87. The Morgan fingerprint density at radius 3 is 2.85 bits per heavy atom. The molecule has 2 aliphatic rings. The van der Waals surface area contributed by atoms with E-state index in [1.165, 1.54) is 12.3 Å². The van der Waals surface area contributed by atoms with E-state index in [1.54, 1.807) is 0 Å². The maximum absolute atomic E-state index is 11.5. The van der Waals surface area contributed by atoms with Gasteiger partial charge in [0.2, 0.25) is 5.95 Å². The summed E-state index contributed by atoms with van der Waals surface area (Å²) in [7, 11) is 0. The van der Waals surface area contributed by atoms with E-state index >= 15 is 0 Å². The first-order valence-electron chi connectivity index (χ1n) is 11.0. The van der Waals surface area contributed by atoms with Crippen LogP contribution in [0.4, 0.5) is 17.5 Å². The summed E-state index contributed by atoms with van der Waals surface area (Å²) in [5, 5.41) is 12.7. The van der Waals surface area contributed by atoms with Crippen molar-refractivity contribution in [3.8, 4) is 11.4 Å². The van der Waals surface area contributed by atoms with Crippen molar-refractivity contribution in [2.75, 3.05) is 36.6 Å². The summed E-state index contributed by atoms with van der Waals surface area (Å²) >= 11 is 0. The first-order chi connectivity index (χ1) is 16.1. The average Bonchev–Trinajstić information content (AvgIpc) is 2.84. The normalized spacial score (nSPS) is 20.4. The molecule has 2 unspecified atom stereocenters. The number of fused-ring (bicyclic) bond motifs is 1. The van der Waals surface area contributed by atoms with Gasteiger partial charge in [-0.3, -0.25) is 9.78 Å². The van der Waals surface area contributed by atoms with Crippen LogP contribution in [0, 0.1) is 0 Å². The molecule has 0 spiro atoms. The smallest absolute Gasteiger partial charge is 0.252 e. The van der Waals surface area contributed by atoms with E-state index in [-0.39, 0.29) is 24.3 Å². The molecule has 1 saturated heterocycles. The van der Waals surface area contributed by atoms with E-state index < -0.39 is 0 Å². The van der Waals surface area contributed by atoms with Gasteiger partial charge in [-0.25, -0.2) is 15.0 Å². The third-order valence-electron chi connectivity index (χ3n) is 5.88. The molecule has 1 fully saturated rings. The molecule has 0 radical (unpaired) electrons. The van der Waals surface area contributed by atoms with Gasteiger partial charge in [-0.05, 0) is 31.2 Å². The predicted octanol–water partition coefficient (Wildman–Crippen LogP) is 1.63. The number of aromatic amines is 1. The number of hydrogen-bond acceptors (Lipinski definition) is 9. The third kappa shape index (κ3) is 4.58. The average molecular weight is 450 g/mol. The first kappa shape index (κ1) is 21.5. The maximum atomic E-state index is 11.5. The van der Waals surface area contributed by atoms with Crippen LogP contribution in [-0.4, -0.2) is 63.6 Å². The van der Waals surface area contributed by atoms with Gasteiger partial charge in [0.25, 0.3) is 5.56 Å². The molecule has 10 heteroatoms. The molecule has 10 nitrogen and oxygen atoms in total. The molecule has 3 aromatic rings. The van der Waals surface area contributed by atoms with Gasteiger partial charge in [-0.15, -0.1) is 0 Å². The fourth-order valence-electron chi connectivity index (χ4n) is 4.11. The van der Waals surface area contributed by atoms with E-state index in [9.17, 15) is 9.90 Å². The van der Waals surface area contributed by atoms with Gasteiger partial charge in [0.1, 0.15) is 5.82 Å². The van der Waals surface area contributed by atoms with Gasteiger partial charge >= 0.3 is 0 Å². The number of nitrogens with one attached hydrogen (secondary N) is 2. The molecule has 5 rings (SSSR count). The molecular weight excluding hydrogens is 424 g/mol. The maximum Gasteiger partial charge on any atom is 0.252 e. The van der Waals surface area contributed by atoms with Crippen LogP contribution in [-0.2, 0) is 22.5 Å². The lowest BCUT2D eigenvalue weighted by Crippen LogP contribution is -2.45. The van der Waals surface area contributed by atoms with Crippen LogP contribution in [0.3, 0.4) is 0 Å². The largest absolute Gasteiger partial charge is 0.394 e. The van der Waals surface area contributed by atoms with Gasteiger partial charge in [0.05, 0.1) is 44.3 Å². The second-order valence-corrected chi connectivity index (χ2v) is 8.22. The summed E-state index contributed by atoms with van der Waals surface area (Å²) in [5.41, 5.74) is 3.32. The van der Waals surface area contributed by atoms with Crippen LogP contribution in [0.25, 0.3) is 11.4 Å². The van der Waals surface area contributed by atoms with Crippen molar-refractivity contribution in [3.63, 3.8) is 0 Å². The highest BCUT2D eigenvalue weighted by atomic mass is 16.5. The van der Waals surface area contributed by atoms with Gasteiger partial charge in [0.15, 0.2) is 5.82 Å². The minimum Gasteiger partial charge on any atom is -0.394 e. The summed E-state index contributed by atoms with van der Waals surface area (Å²) in [6.07, 6.45) is 1.73. The number of anilines is 3. The van der Waals surface area contributed by atoms with Gasteiger partial charge < -0.3 is 24.8 Å². The summed E-state index contributed by atoms with van der Waals surface area (Å²) in [6, 6.07) is 9.19. The quantitative estimate of drug-likeness (QED) is 0.532. The Balaban J connectivity index is 1.48. The number of ether oxygens (including phenoxy) is 2. The number of aromatic nitrogens is 4. The molecule has 1 aromatic carbocycles. The Morgan fingerprint density at radius 1 is 1.24 bits per heavy atom. The second-order valence-electron chi connectivity index (χ2n) is 8.22. The Hall–Kier alpha value is -3.34. The molecule has 4 heterocycles. The Morgan fingerprint density at radius 2 is 2.09 bits per heavy atom. The molecule has 0 amide bonds. The van der Waals surface area contributed by atoms with E-state index in [0.29, 0.717) is 38.0 Å². The van der Waals surface area contributed by atoms with Crippen molar-refractivity contribution in [1.29, 1.82) is 0 Å². The summed E-state index contributed by atoms with van der Waals surface area (Å²) in [6.45, 7) is 4.50. The highest BCUT2D eigenvalue weighted by molar-refractivity contribution is 5.65. The van der Waals surface area contributed by atoms with E-state index in [0.717, 1.165) is 34.9 Å². The van der Waals surface area contributed by atoms with Gasteiger partial charge in [-0.2, -0.15) is 0 Å². The van der Waals surface area contributed by atoms with Crippen molar-refractivity contribution in [3.05, 3.63) is 58.1 Å². The zero-order chi connectivity index (χ0) is 22.8. The number of aliphatic hydroxyl groups is 1. The predicted molar refractivity (Wildman–Crippen MR) is 123 cm³/mol. The number of benzene rings is 1. The lowest BCUT2D eigenvalue weighted by atomic mass is 10.0. The minimum atomic E-state index is -0.262. The van der Waals surface area contributed by atoms with Gasteiger partial charge in [0, 0.05) is 42.0 Å². The highest BCUT2D eigenvalue weighted by Gasteiger charge is 2.29. The monoisotopic (exact) mass is 450 g/mol. The standard InChI is InChI=1S/C23H26N6O4/c1-14-12-32-9-8-29(14)22-18-13-33-17(11-30)10-19(18)26-21(28-22)15-2-4-16(5-3-15)25-23-24-7-6-20(31)27-23/h2-7,14,17,30H,8-13H2,1H3,(H2,24,25,27,31). The molecule has 172 valence electrons. The van der Waals surface area contributed by atoms with Crippen LogP contribution in [0.15, 0.2) is 41.3 Å². The number of H-pyrrole nitrogens is 1. The van der Waals surface area contributed by atoms with Crippen LogP contribution >= 0.6 is 0 Å². The molecule has 0 bridgehead atoms. The first-order valence-corrected chi connectivity index (χ1v) is 11.0. The molecule has 3 N–H and O–H groups in total. The number of morpholine rings is 1. The minimum absolute atomic E-state index is 0.0436. The number of aliphatic hydroxyl groups excluding tert-OH is 1. The van der Waals surface area contributed by atoms with E-state index in [4.69, 9.17) is 19.4 Å². The second kappa shape index (κ2) is 9.26. The van der Waals surface area contributed by atoms with Crippen molar-refractivity contribution in [2.24, 2.45) is 0 Å². The topological polar surface area (TPSA) is 125 Å². The summed E-state index contributed by atoms with van der Waals surface area (Å²) < 4.78 is 11.4. The molecular formula is C23H26N6O4. The van der Waals surface area contributed by atoms with Crippen molar-refractivity contribution < 1.29 is 14.6 Å². The lowest BCUT2D eigenvalue weighted by Gasteiger charge is -2.37. The van der Waals surface area contributed by atoms with Crippen LogP contribution in [0.2, 0.25) is 0 Å². The fourth-order valence-corrected chi connectivity index (χ4v) is 4.11. The third-order valence-corrected chi connectivity index (χ3v) is 5.88. The molecule has 2 aliphatic heterocycles. The van der Waals surface area contributed by atoms with Gasteiger partial charge in [-0.1, -0.05) is 0 Å². The number of rotatable bonds is 5. The van der Waals surface area contributed by atoms with E-state index in [2.05, 4.69) is 27.1 Å². The highest BCUT2D eigenvalue weighted by Crippen LogP contribution is 2.32. The Labute approximate surface area is 190 Å². The number of hydrogen-bond donors (Lipinski definition) is 3. The van der Waals surface area contributed by atoms with E-state index in [1.807, 2.05) is 24.3 Å². The zero-order valence-electron chi connectivity index (χ0n) is 18.3. The SMILES string of the molecule is CC1COCCN1c1nc(-c2ccc(Nc3nccc(=O)[nH]3)cc2)nc2c1COC(CO)C2. The van der Waals surface area contributed by atoms with Crippen molar-refractivity contribution in [2.45, 2.75) is 32.1 Å². The van der Waals surface area contributed by atoms with Crippen LogP contribution in [0.1, 0.15) is 18.2 Å². The molecule has 2 atom stereocenters. The molecule has 2 aromatic heterocycles. The molecule has 33 heavy (non-hydrogen) atoms. The number of nitrogens with zero attached hydrogens (tertiary/aromatic N) is 4. The van der Waals surface area contributed by atoms with Crippen molar-refractivity contribution >= 4 is 17.5 Å². The Bertz CT molecular complexity index is 1180. The van der Waals surface area contributed by atoms with Crippen molar-refractivity contribution in [1.82, 2.24) is 19.9 Å². The molecule has 0 aliphatic carbocycles. The van der Waals surface area contributed by atoms with Crippen LogP contribution in [0.5, 0.6) is 0 Å². The zero-order valence-corrected chi connectivity index (χ0v) is 18.3.